The third-order valence-corrected chi connectivity index (χ3v) is 8.19. The Labute approximate surface area is 204 Å². The second-order valence-corrected chi connectivity index (χ2v) is 11.0. The number of halogens is 4. The zero-order chi connectivity index (χ0) is 24.1. The minimum atomic E-state index is -2.65. The predicted molar refractivity (Wildman–Crippen MR) is 122 cm³/mol. The average Bonchev–Trinajstić information content (AvgIpc) is 3.27. The summed E-state index contributed by atoms with van der Waals surface area (Å²) >= 11 is 6.27. The molecule has 0 bridgehead atoms. The molecule has 11 heteroatoms. The van der Waals surface area contributed by atoms with Crippen molar-refractivity contribution in [3.63, 3.8) is 0 Å². The van der Waals surface area contributed by atoms with E-state index in [1.165, 1.54) is 6.20 Å². The number of aryl methyl sites for hydroxylation is 1. The van der Waals surface area contributed by atoms with E-state index in [-0.39, 0.29) is 17.8 Å². The monoisotopic (exact) mass is 501 g/mol. The Kier molecular flexibility index (Phi) is 4.41. The molecule has 1 aromatic carbocycles. The van der Waals surface area contributed by atoms with Crippen LogP contribution in [0.15, 0.2) is 24.4 Å². The van der Waals surface area contributed by atoms with Gasteiger partial charge in [-0.05, 0) is 43.5 Å². The van der Waals surface area contributed by atoms with Crippen LogP contribution in [0.4, 0.5) is 19.1 Å². The Morgan fingerprint density at radius 3 is 2.57 bits per heavy atom. The van der Waals surface area contributed by atoms with E-state index >= 15 is 0 Å². The second kappa shape index (κ2) is 7.16. The van der Waals surface area contributed by atoms with Crippen molar-refractivity contribution in [2.45, 2.75) is 57.2 Å². The molecule has 1 unspecified atom stereocenters. The third-order valence-electron chi connectivity index (χ3n) is 7.96. The molecule has 3 aromatic rings. The normalized spacial score (nSPS) is 24.4. The molecule has 1 spiro atoms. The van der Waals surface area contributed by atoms with E-state index in [2.05, 4.69) is 29.6 Å². The van der Waals surface area contributed by atoms with Gasteiger partial charge in [-0.1, -0.05) is 11.6 Å². The van der Waals surface area contributed by atoms with E-state index < -0.39 is 17.8 Å². The quantitative estimate of drug-likeness (QED) is 0.534. The van der Waals surface area contributed by atoms with Crippen LogP contribution in [-0.2, 0) is 13.1 Å². The van der Waals surface area contributed by atoms with Gasteiger partial charge in [-0.3, -0.25) is 9.47 Å². The summed E-state index contributed by atoms with van der Waals surface area (Å²) in [5, 5.41) is 9.57. The van der Waals surface area contributed by atoms with Crippen LogP contribution < -0.4 is 4.90 Å². The van der Waals surface area contributed by atoms with Crippen LogP contribution in [0.3, 0.4) is 0 Å². The van der Waals surface area contributed by atoms with E-state index in [1.54, 1.807) is 11.8 Å². The molecule has 1 saturated heterocycles. The van der Waals surface area contributed by atoms with Gasteiger partial charge in [-0.25, -0.2) is 23.1 Å². The molecule has 182 valence electrons. The molecule has 7 rings (SSSR count). The molecule has 0 N–H and O–H groups in total. The number of nitrogens with zero attached hydrogens (tertiary/aromatic N) is 7. The molecule has 0 amide bonds. The number of anilines is 1. The van der Waals surface area contributed by atoms with Crippen molar-refractivity contribution in [1.82, 2.24) is 29.6 Å². The van der Waals surface area contributed by atoms with Crippen molar-refractivity contribution in [2.24, 2.45) is 5.41 Å². The summed E-state index contributed by atoms with van der Waals surface area (Å²) in [5.74, 6) is -0.685. The molecule has 1 atom stereocenters. The summed E-state index contributed by atoms with van der Waals surface area (Å²) in [4.78, 5) is 12.3. The summed E-state index contributed by atoms with van der Waals surface area (Å²) in [6.07, 6.45) is 3.01. The van der Waals surface area contributed by atoms with Gasteiger partial charge in [0.15, 0.2) is 11.6 Å². The highest BCUT2D eigenvalue weighted by Gasteiger charge is 2.60. The molecule has 2 aliphatic heterocycles. The van der Waals surface area contributed by atoms with Gasteiger partial charge >= 0.3 is 0 Å². The fourth-order valence-electron chi connectivity index (χ4n) is 6.05. The van der Waals surface area contributed by atoms with Crippen LogP contribution in [0, 0.1) is 18.2 Å². The number of alkyl halides is 2. The highest BCUT2D eigenvalue weighted by molar-refractivity contribution is 6.30. The Morgan fingerprint density at radius 2 is 1.86 bits per heavy atom. The minimum Gasteiger partial charge on any atom is -0.340 e. The number of fused-ring (bicyclic) bond motifs is 3. The Hall–Kier alpha value is -2.72. The Bertz CT molecular complexity index is 1340. The zero-order valence-electron chi connectivity index (χ0n) is 19.1. The summed E-state index contributed by atoms with van der Waals surface area (Å²) < 4.78 is 43.4. The molecule has 7 nitrogen and oxygen atoms in total. The van der Waals surface area contributed by atoms with Crippen LogP contribution in [0.1, 0.15) is 48.1 Å². The summed E-state index contributed by atoms with van der Waals surface area (Å²) in [6.45, 7) is 4.02. The first-order chi connectivity index (χ1) is 16.7. The maximum atomic E-state index is 13.9. The minimum absolute atomic E-state index is 0.122. The lowest BCUT2D eigenvalue weighted by Crippen LogP contribution is -2.62. The van der Waals surface area contributed by atoms with Gasteiger partial charge < -0.3 is 4.90 Å². The van der Waals surface area contributed by atoms with Gasteiger partial charge in [0.2, 0.25) is 5.95 Å². The number of aromatic nitrogens is 5. The molecule has 35 heavy (non-hydrogen) atoms. The zero-order valence-corrected chi connectivity index (χ0v) is 19.8. The highest BCUT2D eigenvalue weighted by Crippen LogP contribution is 2.56. The highest BCUT2D eigenvalue weighted by atomic mass is 35.5. The maximum absolute atomic E-state index is 13.9. The van der Waals surface area contributed by atoms with Crippen LogP contribution in [0.5, 0.6) is 0 Å². The van der Waals surface area contributed by atoms with E-state index in [9.17, 15) is 13.2 Å². The largest absolute Gasteiger partial charge is 0.340 e. The lowest BCUT2D eigenvalue weighted by atomic mass is 9.57. The third kappa shape index (κ3) is 3.36. The lowest BCUT2D eigenvalue weighted by Gasteiger charge is -2.58. The van der Waals surface area contributed by atoms with E-state index in [0.717, 1.165) is 43.0 Å². The van der Waals surface area contributed by atoms with Gasteiger partial charge in [0, 0.05) is 42.4 Å². The number of hydrogen-bond donors (Lipinski definition) is 0. The molecule has 2 aliphatic carbocycles. The van der Waals surface area contributed by atoms with Gasteiger partial charge in [0.05, 0.1) is 30.2 Å². The smallest absolute Gasteiger partial charge is 0.265 e. The molecule has 0 radical (unpaired) electrons. The summed E-state index contributed by atoms with van der Waals surface area (Å²) in [7, 11) is 0. The van der Waals surface area contributed by atoms with E-state index in [1.807, 2.05) is 18.2 Å². The lowest BCUT2D eigenvalue weighted by molar-refractivity contribution is 0.0572. The van der Waals surface area contributed by atoms with Crippen LogP contribution in [-0.4, -0.2) is 54.7 Å². The van der Waals surface area contributed by atoms with Crippen molar-refractivity contribution in [3.05, 3.63) is 58.1 Å². The first kappa shape index (κ1) is 21.6. The molecule has 2 saturated carbocycles. The molecule has 2 aromatic heterocycles. The standard InChI is InChI=1S/C24H23ClF3N7/c1-13-17(26)8-29-22(30-13)34-11-23(12-34)5-15(6-23)21-32-31-20-10-33(19-7-24(19,27)28)9-14-4-16(25)2-3-18(14)35(20)21/h2-4,8,15,19H,5-7,9-12H2,1H3. The Morgan fingerprint density at radius 1 is 1.09 bits per heavy atom. The van der Waals surface area contributed by atoms with Crippen molar-refractivity contribution in [2.75, 3.05) is 18.0 Å². The van der Waals surface area contributed by atoms with Gasteiger partial charge in [0.1, 0.15) is 5.82 Å². The predicted octanol–water partition coefficient (Wildman–Crippen LogP) is 4.27. The fraction of sp³-hybridized carbons (Fsp3) is 0.500. The Balaban J connectivity index is 1.13. The van der Waals surface area contributed by atoms with Gasteiger partial charge in [0.25, 0.3) is 5.92 Å². The number of rotatable bonds is 3. The average molecular weight is 502 g/mol. The van der Waals surface area contributed by atoms with Crippen LogP contribution in [0.2, 0.25) is 5.02 Å². The SMILES string of the molecule is Cc1nc(N2CC3(CC(c4nnc5n4-c4ccc(Cl)cc4CN(C4CC4(F)F)C5)C3)C2)ncc1F. The number of hydrogen-bond acceptors (Lipinski definition) is 6. The summed E-state index contributed by atoms with van der Waals surface area (Å²) in [6, 6.07) is 4.86. The molecule has 4 aliphatic rings. The maximum Gasteiger partial charge on any atom is 0.265 e. The fourth-order valence-corrected chi connectivity index (χ4v) is 6.25. The number of benzene rings is 1. The first-order valence-electron chi connectivity index (χ1n) is 11.8. The van der Waals surface area contributed by atoms with E-state index in [0.29, 0.717) is 35.6 Å². The van der Waals surface area contributed by atoms with E-state index in [4.69, 9.17) is 11.6 Å². The first-order valence-corrected chi connectivity index (χ1v) is 12.2. The van der Waals surface area contributed by atoms with Crippen molar-refractivity contribution >= 4 is 17.5 Å². The van der Waals surface area contributed by atoms with Gasteiger partial charge in [-0.2, -0.15) is 0 Å². The molecular weight excluding hydrogens is 479 g/mol. The van der Waals surface area contributed by atoms with Crippen LogP contribution in [0.25, 0.3) is 5.69 Å². The van der Waals surface area contributed by atoms with Crippen molar-refractivity contribution < 1.29 is 13.2 Å². The molecular formula is C24H23ClF3N7. The molecule has 4 heterocycles. The summed E-state index contributed by atoms with van der Waals surface area (Å²) in [5.41, 5.74) is 2.35. The topological polar surface area (TPSA) is 63.0 Å². The van der Waals surface area contributed by atoms with Gasteiger partial charge in [-0.15, -0.1) is 10.2 Å². The van der Waals surface area contributed by atoms with Crippen molar-refractivity contribution in [1.29, 1.82) is 0 Å². The second-order valence-electron chi connectivity index (χ2n) is 10.5. The van der Waals surface area contributed by atoms with Crippen LogP contribution >= 0.6 is 11.6 Å². The van der Waals surface area contributed by atoms with Crippen molar-refractivity contribution in [3.8, 4) is 5.69 Å². The molecule has 3 fully saturated rings.